The molecule has 2 aromatic rings. The number of ether oxygens (including phenoxy) is 3. The van der Waals surface area contributed by atoms with Crippen molar-refractivity contribution in [1.29, 1.82) is 5.41 Å². The highest BCUT2D eigenvalue weighted by Gasteiger charge is 2.42. The molecule has 6 heteroatoms. The first-order chi connectivity index (χ1) is 12.5. The van der Waals surface area contributed by atoms with Gasteiger partial charge in [0.15, 0.2) is 0 Å². The topological polar surface area (TPSA) is 94.6 Å². The summed E-state index contributed by atoms with van der Waals surface area (Å²) >= 11 is 0. The van der Waals surface area contributed by atoms with Crippen LogP contribution in [0.15, 0.2) is 54.6 Å². The van der Waals surface area contributed by atoms with Gasteiger partial charge in [-0.25, -0.2) is 4.79 Å². The van der Waals surface area contributed by atoms with Crippen molar-refractivity contribution in [2.24, 2.45) is 5.73 Å². The van der Waals surface area contributed by atoms with Crippen LogP contribution >= 0.6 is 0 Å². The van der Waals surface area contributed by atoms with Crippen molar-refractivity contribution < 1.29 is 19.0 Å². The Bertz CT molecular complexity index is 828. The quantitative estimate of drug-likeness (QED) is 0.613. The normalized spacial score (nSPS) is 19.7. The Morgan fingerprint density at radius 2 is 1.69 bits per heavy atom. The fourth-order valence-electron chi connectivity index (χ4n) is 2.56. The number of benzene rings is 2. The van der Waals surface area contributed by atoms with Gasteiger partial charge in [-0.2, -0.15) is 0 Å². The minimum atomic E-state index is -0.928. The second-order valence-corrected chi connectivity index (χ2v) is 6.11. The zero-order chi connectivity index (χ0) is 18.6. The number of allylic oxidation sites excluding steroid dienone is 1. The Kier molecular flexibility index (Phi) is 4.93. The molecule has 1 atom stereocenters. The van der Waals surface area contributed by atoms with Crippen LogP contribution in [0.1, 0.15) is 18.9 Å². The van der Waals surface area contributed by atoms with E-state index >= 15 is 0 Å². The molecule has 1 aliphatic rings. The molecule has 0 spiro atoms. The minimum Gasteiger partial charge on any atom is -0.476 e. The van der Waals surface area contributed by atoms with E-state index in [-0.39, 0.29) is 5.97 Å². The highest BCUT2D eigenvalue weighted by molar-refractivity contribution is 5.82. The number of nitrogens with one attached hydrogen (secondary N) is 1. The molecule has 6 nitrogen and oxygen atoms in total. The lowest BCUT2D eigenvalue weighted by Gasteiger charge is -2.21. The highest BCUT2D eigenvalue weighted by Crippen LogP contribution is 2.29. The van der Waals surface area contributed by atoms with Crippen molar-refractivity contribution in [2.75, 3.05) is 6.61 Å². The van der Waals surface area contributed by atoms with Crippen LogP contribution in [0, 0.1) is 5.41 Å². The SMILES string of the molecule is C[C@]1(Oc2ccc(Oc3ccc(/C(N)=C/C=N)cc3)cc2)CCOC1=O. The summed E-state index contributed by atoms with van der Waals surface area (Å²) in [4.78, 5) is 11.7. The van der Waals surface area contributed by atoms with Crippen LogP contribution in [0.5, 0.6) is 17.2 Å². The fourth-order valence-corrected chi connectivity index (χ4v) is 2.56. The molecule has 0 amide bonds. The summed E-state index contributed by atoms with van der Waals surface area (Å²) in [6.07, 6.45) is 3.20. The molecule has 3 rings (SSSR count). The van der Waals surface area contributed by atoms with E-state index in [1.165, 1.54) is 6.08 Å². The van der Waals surface area contributed by atoms with Crippen LogP contribution in [0.25, 0.3) is 5.70 Å². The maximum atomic E-state index is 11.7. The summed E-state index contributed by atoms with van der Waals surface area (Å²) in [6, 6.07) is 14.3. The first kappa shape index (κ1) is 17.5. The summed E-state index contributed by atoms with van der Waals surface area (Å²) in [5.41, 5.74) is 6.25. The van der Waals surface area contributed by atoms with E-state index in [0.29, 0.717) is 36.0 Å². The minimum absolute atomic E-state index is 0.339. The van der Waals surface area contributed by atoms with Gasteiger partial charge in [-0.1, -0.05) is 0 Å². The average Bonchev–Trinajstić information content (AvgIpc) is 2.96. The predicted octanol–water partition coefficient (Wildman–Crippen LogP) is 3.51. The number of esters is 1. The van der Waals surface area contributed by atoms with Crippen molar-refractivity contribution in [3.05, 3.63) is 60.2 Å². The summed E-state index contributed by atoms with van der Waals surface area (Å²) in [5.74, 6) is 1.55. The monoisotopic (exact) mass is 352 g/mol. The fraction of sp³-hybridized carbons (Fsp3) is 0.200. The second kappa shape index (κ2) is 7.31. The summed E-state index contributed by atoms with van der Waals surface area (Å²) < 4.78 is 16.5. The number of nitrogens with two attached hydrogens (primary N) is 1. The Balaban J connectivity index is 1.65. The number of cyclic esters (lactones) is 1. The van der Waals surface area contributed by atoms with Gasteiger partial charge in [0.25, 0.3) is 0 Å². The lowest BCUT2D eigenvalue weighted by molar-refractivity contribution is -0.149. The van der Waals surface area contributed by atoms with E-state index in [1.54, 1.807) is 43.3 Å². The van der Waals surface area contributed by atoms with Gasteiger partial charge in [0.05, 0.1) is 6.61 Å². The van der Waals surface area contributed by atoms with Gasteiger partial charge >= 0.3 is 5.97 Å². The lowest BCUT2D eigenvalue weighted by atomic mass is 10.1. The molecular weight excluding hydrogens is 332 g/mol. The predicted molar refractivity (Wildman–Crippen MR) is 98.5 cm³/mol. The van der Waals surface area contributed by atoms with Gasteiger partial charge in [0, 0.05) is 18.3 Å². The maximum Gasteiger partial charge on any atom is 0.350 e. The van der Waals surface area contributed by atoms with E-state index in [2.05, 4.69) is 0 Å². The van der Waals surface area contributed by atoms with E-state index in [9.17, 15) is 4.79 Å². The molecule has 1 fully saturated rings. The smallest absolute Gasteiger partial charge is 0.350 e. The van der Waals surface area contributed by atoms with Crippen LogP contribution in [-0.2, 0) is 9.53 Å². The third-order valence-corrected chi connectivity index (χ3v) is 4.10. The van der Waals surface area contributed by atoms with Crippen molar-refractivity contribution in [2.45, 2.75) is 18.9 Å². The van der Waals surface area contributed by atoms with Crippen LogP contribution in [-0.4, -0.2) is 24.4 Å². The molecule has 1 heterocycles. The molecule has 0 saturated carbocycles. The molecule has 3 N–H and O–H groups in total. The average molecular weight is 352 g/mol. The Morgan fingerprint density at radius 1 is 1.12 bits per heavy atom. The molecule has 134 valence electrons. The lowest BCUT2D eigenvalue weighted by Crippen LogP contribution is -2.37. The number of carbonyl (C=O) groups excluding carboxylic acids is 1. The van der Waals surface area contributed by atoms with Crippen molar-refractivity contribution >= 4 is 17.9 Å². The molecule has 2 aromatic carbocycles. The number of hydrogen-bond acceptors (Lipinski definition) is 6. The molecule has 26 heavy (non-hydrogen) atoms. The zero-order valence-electron chi connectivity index (χ0n) is 14.4. The standard InChI is InChI=1S/C20H20N2O4/c1-20(11-13-24-19(20)23)26-17-8-6-16(7-9-17)25-15-4-2-14(3-5-15)18(22)10-12-21/h2-10,12,21H,11,13,22H2,1H3/b18-10-,21-12?/t20-/m0/s1. The van der Waals surface area contributed by atoms with Gasteiger partial charge in [-0.05, 0) is 67.1 Å². The Labute approximate surface area is 151 Å². The molecule has 0 unspecified atom stereocenters. The van der Waals surface area contributed by atoms with E-state index in [1.807, 2.05) is 12.1 Å². The molecule has 0 radical (unpaired) electrons. The summed E-state index contributed by atoms with van der Waals surface area (Å²) in [7, 11) is 0. The van der Waals surface area contributed by atoms with E-state index in [0.717, 1.165) is 11.8 Å². The van der Waals surface area contributed by atoms with Gasteiger partial charge < -0.3 is 25.4 Å². The number of hydrogen-bond donors (Lipinski definition) is 2. The number of rotatable bonds is 6. The molecule has 1 aliphatic heterocycles. The molecule has 0 aromatic heterocycles. The Hall–Kier alpha value is -3.28. The summed E-state index contributed by atoms with van der Waals surface area (Å²) in [5, 5.41) is 7.04. The molecular formula is C20H20N2O4. The summed E-state index contributed by atoms with van der Waals surface area (Å²) in [6.45, 7) is 2.11. The molecule has 1 saturated heterocycles. The van der Waals surface area contributed by atoms with Gasteiger partial charge in [-0.3, -0.25) is 0 Å². The molecule has 0 bridgehead atoms. The largest absolute Gasteiger partial charge is 0.476 e. The maximum absolute atomic E-state index is 11.7. The zero-order valence-corrected chi connectivity index (χ0v) is 14.4. The van der Waals surface area contributed by atoms with Gasteiger partial charge in [-0.15, -0.1) is 0 Å². The highest BCUT2D eigenvalue weighted by atomic mass is 16.6. The molecule has 0 aliphatic carbocycles. The first-order valence-electron chi connectivity index (χ1n) is 8.21. The van der Waals surface area contributed by atoms with Crippen LogP contribution in [0.4, 0.5) is 0 Å². The van der Waals surface area contributed by atoms with E-state index in [4.69, 9.17) is 25.4 Å². The second-order valence-electron chi connectivity index (χ2n) is 6.11. The first-order valence-corrected chi connectivity index (χ1v) is 8.21. The van der Waals surface area contributed by atoms with Gasteiger partial charge in [0.2, 0.25) is 5.60 Å². The van der Waals surface area contributed by atoms with Crippen molar-refractivity contribution in [3.63, 3.8) is 0 Å². The third-order valence-electron chi connectivity index (χ3n) is 4.10. The van der Waals surface area contributed by atoms with E-state index < -0.39 is 5.60 Å². The third kappa shape index (κ3) is 3.85. The van der Waals surface area contributed by atoms with Crippen LogP contribution in [0.2, 0.25) is 0 Å². The van der Waals surface area contributed by atoms with Crippen molar-refractivity contribution in [1.82, 2.24) is 0 Å². The van der Waals surface area contributed by atoms with Gasteiger partial charge in [0.1, 0.15) is 17.2 Å². The van der Waals surface area contributed by atoms with Crippen molar-refractivity contribution in [3.8, 4) is 17.2 Å². The van der Waals surface area contributed by atoms with Crippen LogP contribution < -0.4 is 15.2 Å². The number of carbonyl (C=O) groups is 1. The Morgan fingerprint density at radius 3 is 2.23 bits per heavy atom. The van der Waals surface area contributed by atoms with Crippen LogP contribution in [0.3, 0.4) is 0 Å².